The van der Waals surface area contributed by atoms with Crippen molar-refractivity contribution in [3.05, 3.63) is 57.9 Å². The Morgan fingerprint density at radius 1 is 1.32 bits per heavy atom. The first-order valence-electron chi connectivity index (χ1n) is 6.51. The van der Waals surface area contributed by atoms with E-state index in [0.29, 0.717) is 17.2 Å². The van der Waals surface area contributed by atoms with Gasteiger partial charge in [-0.05, 0) is 35.7 Å². The highest BCUT2D eigenvalue weighted by Crippen LogP contribution is 2.21. The summed E-state index contributed by atoms with van der Waals surface area (Å²) in [5, 5.41) is 14.7. The Morgan fingerprint density at radius 3 is 2.82 bits per heavy atom. The molecule has 7 heteroatoms. The van der Waals surface area contributed by atoms with Gasteiger partial charge in [-0.25, -0.2) is 4.79 Å². The van der Waals surface area contributed by atoms with E-state index < -0.39 is 5.76 Å². The highest BCUT2D eigenvalue weighted by molar-refractivity contribution is 7.13. The van der Waals surface area contributed by atoms with E-state index >= 15 is 0 Å². The van der Waals surface area contributed by atoms with Gasteiger partial charge in [-0.15, -0.1) is 16.4 Å². The second kappa shape index (κ2) is 6.28. The van der Waals surface area contributed by atoms with Crippen molar-refractivity contribution in [2.75, 3.05) is 6.61 Å². The number of benzene rings is 1. The lowest BCUT2D eigenvalue weighted by molar-refractivity contribution is 0.285. The summed E-state index contributed by atoms with van der Waals surface area (Å²) in [6.45, 7) is 0.565. The van der Waals surface area contributed by atoms with Gasteiger partial charge in [0.25, 0.3) is 5.89 Å². The fourth-order valence-corrected chi connectivity index (χ4v) is 2.47. The van der Waals surface area contributed by atoms with Gasteiger partial charge in [-0.3, -0.25) is 0 Å². The summed E-state index contributed by atoms with van der Waals surface area (Å²) in [7, 11) is 0. The normalized spacial score (nSPS) is 10.3. The minimum absolute atomic E-state index is 0.280. The second-order valence-electron chi connectivity index (χ2n) is 4.36. The molecule has 110 valence electrons. The fourth-order valence-electron chi connectivity index (χ4n) is 1.82. The summed E-state index contributed by atoms with van der Waals surface area (Å²) < 4.78 is 11.9. The summed E-state index contributed by atoms with van der Waals surface area (Å²) in [6.07, 6.45) is 0. The van der Waals surface area contributed by atoms with Crippen LogP contribution in [0.15, 0.2) is 51.0 Å². The average Bonchev–Trinajstić information content (AvgIpc) is 3.18. The lowest BCUT2D eigenvalue weighted by Crippen LogP contribution is -2.20. The van der Waals surface area contributed by atoms with Crippen LogP contribution in [-0.2, 0) is 6.54 Å². The van der Waals surface area contributed by atoms with Crippen molar-refractivity contribution in [3.63, 3.8) is 0 Å². The molecule has 3 aromatic rings. The van der Waals surface area contributed by atoms with Crippen molar-refractivity contribution in [1.29, 1.82) is 5.26 Å². The first kappa shape index (κ1) is 14.1. The maximum absolute atomic E-state index is 11.7. The van der Waals surface area contributed by atoms with Crippen LogP contribution in [0, 0.1) is 11.3 Å². The molecule has 3 rings (SSSR count). The number of thiophene rings is 1. The molecule has 0 atom stereocenters. The Labute approximate surface area is 129 Å². The van der Waals surface area contributed by atoms with Crippen LogP contribution in [0.4, 0.5) is 0 Å². The summed E-state index contributed by atoms with van der Waals surface area (Å²) in [5.41, 5.74) is 0.570. The van der Waals surface area contributed by atoms with E-state index in [1.807, 2.05) is 23.6 Å². The van der Waals surface area contributed by atoms with Crippen LogP contribution >= 0.6 is 11.3 Å². The van der Waals surface area contributed by atoms with Gasteiger partial charge in [0.2, 0.25) is 0 Å². The minimum atomic E-state index is -0.508. The van der Waals surface area contributed by atoms with E-state index in [1.54, 1.807) is 24.3 Å². The molecule has 0 radical (unpaired) electrons. The Balaban J connectivity index is 1.62. The zero-order valence-corrected chi connectivity index (χ0v) is 12.2. The predicted octanol–water partition coefficient (Wildman–Crippen LogP) is 2.52. The van der Waals surface area contributed by atoms with E-state index in [9.17, 15) is 4.79 Å². The van der Waals surface area contributed by atoms with Gasteiger partial charge in [-0.2, -0.15) is 9.94 Å². The molecule has 0 aliphatic heterocycles. The van der Waals surface area contributed by atoms with E-state index in [2.05, 4.69) is 5.10 Å². The number of rotatable bonds is 5. The third-order valence-electron chi connectivity index (χ3n) is 2.89. The van der Waals surface area contributed by atoms with Crippen LogP contribution < -0.4 is 10.5 Å². The van der Waals surface area contributed by atoms with Gasteiger partial charge in [0.15, 0.2) is 0 Å². The molecule has 0 spiro atoms. The monoisotopic (exact) mass is 313 g/mol. The van der Waals surface area contributed by atoms with E-state index in [0.717, 1.165) is 4.88 Å². The van der Waals surface area contributed by atoms with Gasteiger partial charge in [0.05, 0.1) is 23.1 Å². The van der Waals surface area contributed by atoms with Gasteiger partial charge < -0.3 is 9.15 Å². The zero-order chi connectivity index (χ0) is 15.4. The van der Waals surface area contributed by atoms with E-state index in [4.69, 9.17) is 14.4 Å². The van der Waals surface area contributed by atoms with Crippen LogP contribution in [0.25, 0.3) is 10.8 Å². The van der Waals surface area contributed by atoms with Crippen LogP contribution in [0.3, 0.4) is 0 Å². The maximum Gasteiger partial charge on any atom is 0.437 e. The third-order valence-corrected chi connectivity index (χ3v) is 3.75. The summed E-state index contributed by atoms with van der Waals surface area (Å²) in [5.74, 6) is 0.444. The summed E-state index contributed by atoms with van der Waals surface area (Å²) >= 11 is 1.46. The lowest BCUT2D eigenvalue weighted by Gasteiger charge is -2.04. The van der Waals surface area contributed by atoms with Crippen molar-refractivity contribution < 1.29 is 9.15 Å². The fraction of sp³-hybridized carbons (Fsp3) is 0.133. The second-order valence-corrected chi connectivity index (χ2v) is 5.31. The molecule has 1 aromatic carbocycles. The maximum atomic E-state index is 11.7. The van der Waals surface area contributed by atoms with Crippen molar-refractivity contribution in [1.82, 2.24) is 9.78 Å². The van der Waals surface area contributed by atoms with Crippen molar-refractivity contribution in [3.8, 4) is 22.6 Å². The van der Waals surface area contributed by atoms with Crippen LogP contribution in [0.2, 0.25) is 0 Å². The van der Waals surface area contributed by atoms with Crippen LogP contribution in [0.5, 0.6) is 5.75 Å². The number of aromatic nitrogens is 2. The molecule has 22 heavy (non-hydrogen) atoms. The number of nitriles is 1. The highest BCUT2D eigenvalue weighted by Gasteiger charge is 2.10. The lowest BCUT2D eigenvalue weighted by atomic mass is 10.2. The largest absolute Gasteiger partial charge is 0.492 e. The zero-order valence-electron chi connectivity index (χ0n) is 11.4. The molecular weight excluding hydrogens is 302 g/mol. The number of ether oxygens (including phenoxy) is 1. The predicted molar refractivity (Wildman–Crippen MR) is 80.7 cm³/mol. The Kier molecular flexibility index (Phi) is 4.03. The standard InChI is InChI=1S/C15H11N3O3S/c16-10-11-3-5-12(6-4-11)20-8-7-18-15(19)21-14(17-18)13-2-1-9-22-13/h1-6,9H,7-8H2. The van der Waals surface area contributed by atoms with Crippen LogP contribution in [-0.4, -0.2) is 16.4 Å². The molecule has 0 aliphatic carbocycles. The van der Waals surface area contributed by atoms with E-state index in [1.165, 1.54) is 16.0 Å². The molecule has 0 amide bonds. The van der Waals surface area contributed by atoms with Gasteiger partial charge in [0.1, 0.15) is 12.4 Å². The van der Waals surface area contributed by atoms with Crippen molar-refractivity contribution in [2.24, 2.45) is 0 Å². The number of hydrogen-bond acceptors (Lipinski definition) is 6. The molecule has 2 heterocycles. The van der Waals surface area contributed by atoms with Gasteiger partial charge in [-0.1, -0.05) is 6.07 Å². The average molecular weight is 313 g/mol. The molecule has 2 aromatic heterocycles. The number of hydrogen-bond donors (Lipinski definition) is 0. The first-order chi connectivity index (χ1) is 10.8. The molecule has 0 fully saturated rings. The van der Waals surface area contributed by atoms with Gasteiger partial charge in [0, 0.05) is 0 Å². The van der Waals surface area contributed by atoms with Crippen LogP contribution in [0.1, 0.15) is 5.56 Å². The van der Waals surface area contributed by atoms with Crippen molar-refractivity contribution >= 4 is 11.3 Å². The Bertz CT molecular complexity index is 842. The molecule has 0 saturated carbocycles. The first-order valence-corrected chi connectivity index (χ1v) is 7.39. The smallest absolute Gasteiger partial charge is 0.437 e. The Morgan fingerprint density at radius 2 is 2.14 bits per heavy atom. The molecular formula is C15H11N3O3S. The molecule has 0 bridgehead atoms. The molecule has 0 saturated heterocycles. The SMILES string of the molecule is N#Cc1ccc(OCCn2nc(-c3cccs3)oc2=O)cc1. The van der Waals surface area contributed by atoms with Crippen molar-refractivity contribution in [2.45, 2.75) is 6.54 Å². The summed E-state index contributed by atoms with van der Waals surface area (Å²) in [4.78, 5) is 12.5. The highest BCUT2D eigenvalue weighted by atomic mass is 32.1. The molecule has 0 unspecified atom stereocenters. The third kappa shape index (κ3) is 3.07. The van der Waals surface area contributed by atoms with Gasteiger partial charge >= 0.3 is 5.76 Å². The molecule has 6 nitrogen and oxygen atoms in total. The Hall–Kier alpha value is -2.85. The quantitative estimate of drug-likeness (QED) is 0.723. The van der Waals surface area contributed by atoms with E-state index in [-0.39, 0.29) is 13.2 Å². The number of nitrogens with zero attached hydrogens (tertiary/aromatic N) is 3. The molecule has 0 aliphatic rings. The minimum Gasteiger partial charge on any atom is -0.492 e. The molecule has 0 N–H and O–H groups in total. The topological polar surface area (TPSA) is 81.0 Å². The summed E-state index contributed by atoms with van der Waals surface area (Å²) in [6, 6.07) is 12.5.